The van der Waals surface area contributed by atoms with Crippen LogP contribution in [0.1, 0.15) is 219 Å². The molecule has 0 aliphatic heterocycles. The van der Waals surface area contributed by atoms with Gasteiger partial charge in [-0.2, -0.15) is 0 Å². The first-order chi connectivity index (χ1) is 34.0. The van der Waals surface area contributed by atoms with Gasteiger partial charge in [0.25, 0.3) is 0 Å². The summed E-state index contributed by atoms with van der Waals surface area (Å²) in [6, 6.07) is -0.779. The highest BCUT2D eigenvalue weighted by Gasteiger charge is 2.28. The second-order valence-corrected chi connectivity index (χ2v) is 21.4. The number of quaternary nitrogens is 1. The van der Waals surface area contributed by atoms with E-state index in [4.69, 9.17) is 9.05 Å². The van der Waals surface area contributed by atoms with Crippen LogP contribution in [0, 0.1) is 0 Å². The van der Waals surface area contributed by atoms with E-state index in [9.17, 15) is 19.4 Å². The molecule has 3 unspecified atom stereocenters. The van der Waals surface area contributed by atoms with Crippen LogP contribution in [0.3, 0.4) is 0 Å². The molecule has 402 valence electrons. The van der Waals surface area contributed by atoms with Gasteiger partial charge in [-0.1, -0.05) is 239 Å². The number of amides is 1. The molecular weight excluding hydrogens is 888 g/mol. The van der Waals surface area contributed by atoms with Gasteiger partial charge in [0.1, 0.15) is 13.2 Å². The average Bonchev–Trinajstić information content (AvgIpc) is 3.32. The van der Waals surface area contributed by atoms with Gasteiger partial charge in [-0.05, 0) is 83.5 Å². The fourth-order valence-corrected chi connectivity index (χ4v) is 8.36. The Bertz CT molecular complexity index is 1500. The lowest BCUT2D eigenvalue weighted by Crippen LogP contribution is -2.46. The van der Waals surface area contributed by atoms with Crippen molar-refractivity contribution >= 4 is 13.7 Å². The van der Waals surface area contributed by atoms with Gasteiger partial charge in [-0.3, -0.25) is 13.8 Å². The predicted octanol–water partition coefficient (Wildman–Crippen LogP) is 17.2. The number of nitrogens with one attached hydrogen (secondary N) is 1. The lowest BCUT2D eigenvalue weighted by Gasteiger charge is -2.26. The lowest BCUT2D eigenvalue weighted by atomic mass is 10.0. The zero-order valence-electron chi connectivity index (χ0n) is 45.7. The summed E-state index contributed by atoms with van der Waals surface area (Å²) in [6.45, 7) is 4.75. The second-order valence-electron chi connectivity index (χ2n) is 19.9. The molecule has 0 rings (SSSR count). The molecule has 1 amide bonds. The number of likely N-dealkylation sites (N-methyl/N-ethyl adjacent to an activating group) is 1. The highest BCUT2D eigenvalue weighted by molar-refractivity contribution is 7.47. The van der Waals surface area contributed by atoms with Crippen LogP contribution in [0.4, 0.5) is 0 Å². The maximum Gasteiger partial charge on any atom is 0.472 e. The van der Waals surface area contributed by atoms with Crippen LogP contribution < -0.4 is 5.32 Å². The van der Waals surface area contributed by atoms with Crippen LogP contribution >= 0.6 is 7.82 Å². The van der Waals surface area contributed by atoms with Crippen LogP contribution in [0.15, 0.2) is 109 Å². The van der Waals surface area contributed by atoms with Crippen molar-refractivity contribution in [2.24, 2.45) is 0 Å². The number of phosphoric ester groups is 1. The molecule has 0 aliphatic carbocycles. The summed E-state index contributed by atoms with van der Waals surface area (Å²) in [5.74, 6) is -0.167. The van der Waals surface area contributed by atoms with E-state index in [0.29, 0.717) is 23.9 Å². The van der Waals surface area contributed by atoms with Crippen molar-refractivity contribution in [3.8, 4) is 0 Å². The third-order valence-electron chi connectivity index (χ3n) is 12.0. The van der Waals surface area contributed by atoms with Gasteiger partial charge < -0.3 is 19.8 Å². The second kappa shape index (κ2) is 51.1. The monoisotopic (exact) mass is 996 g/mol. The zero-order chi connectivity index (χ0) is 51.3. The molecule has 0 aliphatic rings. The van der Waals surface area contributed by atoms with Crippen molar-refractivity contribution < 1.29 is 32.9 Å². The average molecular weight is 997 g/mol. The van der Waals surface area contributed by atoms with Gasteiger partial charge in [0, 0.05) is 6.42 Å². The molecule has 3 N–H and O–H groups in total. The minimum atomic E-state index is -4.33. The van der Waals surface area contributed by atoms with Crippen LogP contribution in [-0.4, -0.2) is 73.4 Å². The van der Waals surface area contributed by atoms with Gasteiger partial charge in [0.15, 0.2) is 0 Å². The molecule has 0 saturated heterocycles. The quantitative estimate of drug-likeness (QED) is 0.0243. The molecule has 0 aromatic rings. The van der Waals surface area contributed by atoms with Crippen molar-refractivity contribution in [3.05, 3.63) is 109 Å². The molecule has 0 saturated carbocycles. The fourth-order valence-electron chi connectivity index (χ4n) is 7.63. The van der Waals surface area contributed by atoms with E-state index in [2.05, 4.69) is 129 Å². The maximum atomic E-state index is 13.0. The number of unbranched alkanes of at least 4 members (excludes halogenated alkanes) is 19. The number of hydrogen-bond acceptors (Lipinski definition) is 5. The normalized spacial score (nSPS) is 14.8. The van der Waals surface area contributed by atoms with Gasteiger partial charge in [-0.25, -0.2) is 4.57 Å². The molecule has 9 heteroatoms. The van der Waals surface area contributed by atoms with Gasteiger partial charge in [0.2, 0.25) is 5.91 Å². The zero-order valence-corrected chi connectivity index (χ0v) is 46.6. The summed E-state index contributed by atoms with van der Waals surface area (Å²) in [6.07, 6.45) is 74.2. The Morgan fingerprint density at radius 1 is 0.500 bits per heavy atom. The molecular formula is C61H108N2O6P+. The highest BCUT2D eigenvalue weighted by Crippen LogP contribution is 2.43. The fraction of sp³-hybridized carbons (Fsp3) is 0.689. The number of aliphatic hydroxyl groups excluding tert-OH is 1. The lowest BCUT2D eigenvalue weighted by molar-refractivity contribution is -0.870. The molecule has 3 atom stereocenters. The Hall–Kier alpha value is -2.84. The topological polar surface area (TPSA) is 105 Å². The van der Waals surface area contributed by atoms with Gasteiger partial charge in [-0.15, -0.1) is 0 Å². The molecule has 0 aromatic carbocycles. The third-order valence-corrected chi connectivity index (χ3v) is 13.0. The van der Waals surface area contributed by atoms with Crippen LogP contribution in [0.25, 0.3) is 0 Å². The molecule has 8 nitrogen and oxygen atoms in total. The summed E-state index contributed by atoms with van der Waals surface area (Å²) >= 11 is 0. The Morgan fingerprint density at radius 3 is 1.26 bits per heavy atom. The van der Waals surface area contributed by atoms with Crippen molar-refractivity contribution in [2.75, 3.05) is 40.9 Å². The Balaban J connectivity index is 4.23. The SMILES string of the molecule is CC/C=C\C/C=C\C/C=C\C/C=C\C/C=C\C/C=C\C/C=C\C/C=C\C/C=C\CCCCCCCC(=O)NC(COP(=O)(O)OCC[N+](C)(C)C)C(O)CCCCCCCCCCCCCCCCC. The van der Waals surface area contributed by atoms with E-state index in [0.717, 1.165) is 116 Å². The molecule has 0 bridgehead atoms. The standard InChI is InChI=1S/C61H107N2O6P/c1-6-8-10-12-14-16-18-20-22-23-24-25-26-27-28-29-30-31-32-33-34-35-36-37-38-39-41-43-45-47-49-51-53-55-61(65)62-59(58-69-70(66,67)68-57-56-63(3,4)5)60(64)54-52-50-48-46-44-42-40-21-19-17-15-13-11-9-7-2/h8,10,14,16,20,22,24-25,27-28,30-31,33-34,36-37,39,41,59-60,64H,6-7,9,11-13,15,17-19,21,23,26,29,32,35,38,40,42-58H2,1-5H3,(H-,62,65,66,67)/p+1/b10-8-,16-14-,22-20-,25-24-,28-27-,31-30-,34-33-,37-36-,41-39-. The minimum absolute atomic E-state index is 0.0648. The molecule has 0 fully saturated rings. The van der Waals surface area contributed by atoms with Crippen LogP contribution in [0.2, 0.25) is 0 Å². The molecule has 0 aromatic heterocycles. The van der Waals surface area contributed by atoms with Crippen molar-refractivity contribution in [1.29, 1.82) is 0 Å². The van der Waals surface area contributed by atoms with Crippen molar-refractivity contribution in [1.82, 2.24) is 5.32 Å². The molecule has 70 heavy (non-hydrogen) atoms. The van der Waals surface area contributed by atoms with E-state index in [1.165, 1.54) is 77.0 Å². The number of hydrogen-bond donors (Lipinski definition) is 3. The summed E-state index contributed by atoms with van der Waals surface area (Å²) < 4.78 is 23.7. The summed E-state index contributed by atoms with van der Waals surface area (Å²) in [5.41, 5.74) is 0. The van der Waals surface area contributed by atoms with Gasteiger partial charge in [0.05, 0.1) is 39.9 Å². The summed E-state index contributed by atoms with van der Waals surface area (Å²) in [4.78, 5) is 23.3. The van der Waals surface area contributed by atoms with E-state index in [-0.39, 0.29) is 19.1 Å². The Labute approximate surface area is 431 Å². The van der Waals surface area contributed by atoms with E-state index in [1.54, 1.807) is 0 Å². The Morgan fingerprint density at radius 2 is 0.857 bits per heavy atom. The summed E-state index contributed by atoms with van der Waals surface area (Å²) in [5, 5.41) is 14.0. The summed E-state index contributed by atoms with van der Waals surface area (Å²) in [7, 11) is 1.59. The smallest absolute Gasteiger partial charge is 0.391 e. The number of nitrogens with zero attached hydrogens (tertiary/aromatic N) is 1. The molecule has 0 heterocycles. The number of rotatable bonds is 50. The first-order valence-electron chi connectivity index (χ1n) is 28.3. The first kappa shape index (κ1) is 67.2. The van der Waals surface area contributed by atoms with Crippen molar-refractivity contribution in [2.45, 2.75) is 231 Å². The molecule has 0 radical (unpaired) electrons. The van der Waals surface area contributed by atoms with E-state index >= 15 is 0 Å². The van der Waals surface area contributed by atoms with Crippen molar-refractivity contribution in [3.63, 3.8) is 0 Å². The minimum Gasteiger partial charge on any atom is -0.391 e. The number of allylic oxidation sites excluding steroid dienone is 18. The van der Waals surface area contributed by atoms with E-state index < -0.39 is 20.0 Å². The van der Waals surface area contributed by atoms with Crippen LogP contribution in [0.5, 0.6) is 0 Å². The van der Waals surface area contributed by atoms with E-state index in [1.807, 2.05) is 21.1 Å². The molecule has 0 spiro atoms. The van der Waals surface area contributed by atoms with Gasteiger partial charge >= 0.3 is 7.82 Å². The maximum absolute atomic E-state index is 13.0. The third kappa shape index (κ3) is 53.0. The van der Waals surface area contributed by atoms with Crippen LogP contribution in [-0.2, 0) is 18.4 Å². The number of phosphoric acid groups is 1. The number of carbonyl (C=O) groups is 1. The number of aliphatic hydroxyl groups is 1. The first-order valence-corrected chi connectivity index (χ1v) is 29.7. The Kier molecular flexibility index (Phi) is 49.0. The largest absolute Gasteiger partial charge is 0.472 e. The predicted molar refractivity (Wildman–Crippen MR) is 304 cm³/mol. The highest BCUT2D eigenvalue weighted by atomic mass is 31.2. The number of carbonyl (C=O) groups excluding carboxylic acids is 1.